The Bertz CT molecular complexity index is 973. The van der Waals surface area contributed by atoms with Gasteiger partial charge in [-0.15, -0.1) is 10.2 Å². The first kappa shape index (κ1) is 19.8. The molecular weight excluding hydrogens is 396 g/mol. The van der Waals surface area contributed by atoms with Crippen molar-refractivity contribution in [3.8, 4) is 5.75 Å². The number of hydrogen-bond donors (Lipinski definition) is 2. The van der Waals surface area contributed by atoms with Gasteiger partial charge in [-0.05, 0) is 42.8 Å². The van der Waals surface area contributed by atoms with E-state index < -0.39 is 0 Å². The van der Waals surface area contributed by atoms with Crippen LogP contribution in [-0.2, 0) is 4.79 Å². The number of rotatable bonds is 7. The molecule has 0 unspecified atom stereocenters. The second kappa shape index (κ2) is 9.34. The molecule has 144 valence electrons. The maximum absolute atomic E-state index is 12.3. The largest absolute Gasteiger partial charge is 0.497 e. The molecule has 2 amide bonds. The lowest BCUT2D eigenvalue weighted by Crippen LogP contribution is -2.13. The van der Waals surface area contributed by atoms with Crippen LogP contribution in [0.3, 0.4) is 0 Å². The highest BCUT2D eigenvalue weighted by molar-refractivity contribution is 8.01. The predicted molar refractivity (Wildman–Crippen MR) is 111 cm³/mol. The van der Waals surface area contributed by atoms with Crippen molar-refractivity contribution in [2.45, 2.75) is 11.3 Å². The third-order valence-corrected chi connectivity index (χ3v) is 5.69. The summed E-state index contributed by atoms with van der Waals surface area (Å²) in [6.07, 6.45) is 0. The number of carbonyl (C=O) groups excluding carboxylic acids is 2. The van der Waals surface area contributed by atoms with Crippen LogP contribution in [0.15, 0.2) is 52.9 Å². The zero-order chi connectivity index (χ0) is 19.9. The van der Waals surface area contributed by atoms with E-state index in [1.165, 1.54) is 23.1 Å². The normalized spacial score (nSPS) is 10.4. The number of methoxy groups -OCH3 is 1. The number of aromatic nitrogens is 2. The molecule has 0 aliphatic rings. The van der Waals surface area contributed by atoms with E-state index in [1.807, 2.05) is 25.1 Å². The van der Waals surface area contributed by atoms with Crippen LogP contribution < -0.4 is 15.4 Å². The van der Waals surface area contributed by atoms with E-state index in [9.17, 15) is 9.59 Å². The fraction of sp³-hybridized carbons (Fsp3) is 0.158. The van der Waals surface area contributed by atoms with E-state index in [4.69, 9.17) is 4.74 Å². The minimum atomic E-state index is -0.233. The predicted octanol–water partition coefficient (Wildman–Crippen LogP) is 3.84. The average molecular weight is 415 g/mol. The van der Waals surface area contributed by atoms with Crippen molar-refractivity contribution in [3.63, 3.8) is 0 Å². The highest BCUT2D eigenvalue weighted by Crippen LogP contribution is 2.26. The molecule has 0 bridgehead atoms. The van der Waals surface area contributed by atoms with E-state index in [0.29, 0.717) is 20.7 Å². The van der Waals surface area contributed by atoms with Gasteiger partial charge in [0, 0.05) is 11.3 Å². The Kier molecular flexibility index (Phi) is 6.62. The highest BCUT2D eigenvalue weighted by atomic mass is 32.2. The van der Waals surface area contributed by atoms with Crippen LogP contribution in [0.2, 0.25) is 0 Å². The minimum Gasteiger partial charge on any atom is -0.497 e. The molecule has 0 saturated heterocycles. The smallest absolute Gasteiger partial charge is 0.257 e. The minimum absolute atomic E-state index is 0.157. The van der Waals surface area contributed by atoms with Crippen LogP contribution in [0.4, 0.5) is 10.8 Å². The molecule has 9 heteroatoms. The standard InChI is InChI=1S/C19H18N4O3S2/c1-12-5-3-4-6-15(12)17(25)21-18-22-23-19(28-18)27-11-16(24)20-13-7-9-14(26-2)10-8-13/h3-10H,11H2,1-2H3,(H,20,24)(H,21,22,25). The molecule has 1 heterocycles. The third kappa shape index (κ3) is 5.30. The number of amides is 2. The average Bonchev–Trinajstić information content (AvgIpc) is 3.14. The molecule has 28 heavy (non-hydrogen) atoms. The number of carbonyl (C=O) groups is 2. The Balaban J connectivity index is 1.50. The molecule has 0 aliphatic carbocycles. The lowest BCUT2D eigenvalue weighted by molar-refractivity contribution is -0.113. The van der Waals surface area contributed by atoms with Gasteiger partial charge in [-0.1, -0.05) is 41.3 Å². The number of anilines is 2. The molecule has 0 fully saturated rings. The monoisotopic (exact) mass is 414 g/mol. The lowest BCUT2D eigenvalue weighted by atomic mass is 10.1. The van der Waals surface area contributed by atoms with Crippen molar-refractivity contribution in [1.82, 2.24) is 10.2 Å². The van der Waals surface area contributed by atoms with Gasteiger partial charge in [0.15, 0.2) is 4.34 Å². The van der Waals surface area contributed by atoms with Gasteiger partial charge in [0.25, 0.3) is 5.91 Å². The summed E-state index contributed by atoms with van der Waals surface area (Å²) < 4.78 is 5.69. The quantitative estimate of drug-likeness (QED) is 0.451. The van der Waals surface area contributed by atoms with E-state index in [0.717, 1.165) is 11.3 Å². The molecule has 1 aromatic heterocycles. The maximum atomic E-state index is 12.3. The molecule has 7 nitrogen and oxygen atoms in total. The number of nitrogens with zero attached hydrogens (tertiary/aromatic N) is 2. The first-order valence-electron chi connectivity index (χ1n) is 8.32. The van der Waals surface area contributed by atoms with E-state index >= 15 is 0 Å². The van der Waals surface area contributed by atoms with Crippen molar-refractivity contribution < 1.29 is 14.3 Å². The summed E-state index contributed by atoms with van der Waals surface area (Å²) >= 11 is 2.49. The summed E-state index contributed by atoms with van der Waals surface area (Å²) in [5, 5.41) is 13.9. The van der Waals surface area contributed by atoms with Gasteiger partial charge in [0.2, 0.25) is 11.0 Å². The molecule has 0 aliphatic heterocycles. The summed E-state index contributed by atoms with van der Waals surface area (Å²) in [6, 6.07) is 14.4. The Labute approximate surface area is 170 Å². The van der Waals surface area contributed by atoms with Gasteiger partial charge in [-0.25, -0.2) is 0 Å². The summed E-state index contributed by atoms with van der Waals surface area (Å²) in [7, 11) is 1.59. The number of thioether (sulfide) groups is 1. The lowest BCUT2D eigenvalue weighted by Gasteiger charge is -2.05. The molecular formula is C19H18N4O3S2. The van der Waals surface area contributed by atoms with Crippen molar-refractivity contribution in [1.29, 1.82) is 0 Å². The van der Waals surface area contributed by atoms with Gasteiger partial charge in [-0.2, -0.15) is 0 Å². The zero-order valence-electron chi connectivity index (χ0n) is 15.3. The molecule has 3 rings (SSSR count). The van der Waals surface area contributed by atoms with Crippen LogP contribution in [0.5, 0.6) is 5.75 Å². The van der Waals surface area contributed by atoms with E-state index in [1.54, 1.807) is 37.4 Å². The molecule has 2 aromatic carbocycles. The molecule has 0 atom stereocenters. The van der Waals surface area contributed by atoms with Crippen LogP contribution >= 0.6 is 23.1 Å². The number of hydrogen-bond acceptors (Lipinski definition) is 7. The van der Waals surface area contributed by atoms with Crippen LogP contribution in [-0.4, -0.2) is 34.9 Å². The summed E-state index contributed by atoms with van der Waals surface area (Å²) in [6.45, 7) is 1.87. The molecule has 0 spiro atoms. The Morgan fingerprint density at radius 3 is 2.54 bits per heavy atom. The SMILES string of the molecule is COc1ccc(NC(=O)CSc2nnc(NC(=O)c3ccccc3C)s2)cc1. The van der Waals surface area contributed by atoms with Gasteiger partial charge in [0.1, 0.15) is 5.75 Å². The highest BCUT2D eigenvalue weighted by Gasteiger charge is 2.13. The van der Waals surface area contributed by atoms with Crippen LogP contribution in [0, 0.1) is 6.92 Å². The summed E-state index contributed by atoms with van der Waals surface area (Å²) in [5.74, 6) is 0.521. The fourth-order valence-corrected chi connectivity index (χ4v) is 3.86. The van der Waals surface area contributed by atoms with E-state index in [-0.39, 0.29) is 17.6 Å². The third-order valence-electron chi connectivity index (χ3n) is 3.72. The molecule has 2 N–H and O–H groups in total. The summed E-state index contributed by atoms with van der Waals surface area (Å²) in [4.78, 5) is 24.4. The van der Waals surface area contributed by atoms with Crippen molar-refractivity contribution >= 4 is 45.7 Å². The molecule has 0 radical (unpaired) electrons. The Morgan fingerprint density at radius 2 is 1.82 bits per heavy atom. The maximum Gasteiger partial charge on any atom is 0.257 e. The first-order valence-corrected chi connectivity index (χ1v) is 10.1. The Morgan fingerprint density at radius 1 is 1.07 bits per heavy atom. The van der Waals surface area contributed by atoms with Crippen molar-refractivity contribution in [2.75, 3.05) is 23.5 Å². The van der Waals surface area contributed by atoms with E-state index in [2.05, 4.69) is 20.8 Å². The second-order valence-electron chi connectivity index (χ2n) is 5.71. The van der Waals surface area contributed by atoms with Gasteiger partial charge >= 0.3 is 0 Å². The van der Waals surface area contributed by atoms with Crippen molar-refractivity contribution in [3.05, 3.63) is 59.7 Å². The van der Waals surface area contributed by atoms with Crippen LogP contribution in [0.1, 0.15) is 15.9 Å². The second-order valence-corrected chi connectivity index (χ2v) is 7.91. The number of aryl methyl sites for hydroxylation is 1. The van der Waals surface area contributed by atoms with Gasteiger partial charge in [0.05, 0.1) is 12.9 Å². The molecule has 3 aromatic rings. The Hall–Kier alpha value is -2.91. The topological polar surface area (TPSA) is 93.2 Å². The fourth-order valence-electron chi connectivity index (χ4n) is 2.31. The van der Waals surface area contributed by atoms with Gasteiger partial charge in [-0.3, -0.25) is 14.9 Å². The van der Waals surface area contributed by atoms with Crippen LogP contribution in [0.25, 0.3) is 0 Å². The summed E-state index contributed by atoms with van der Waals surface area (Å²) in [5.41, 5.74) is 2.16. The first-order chi connectivity index (χ1) is 13.5. The number of ether oxygens (including phenoxy) is 1. The van der Waals surface area contributed by atoms with Gasteiger partial charge < -0.3 is 10.1 Å². The number of benzene rings is 2. The zero-order valence-corrected chi connectivity index (χ0v) is 16.9. The van der Waals surface area contributed by atoms with Crippen molar-refractivity contribution in [2.24, 2.45) is 0 Å². The molecule has 0 saturated carbocycles. The number of nitrogens with one attached hydrogen (secondary N) is 2.